The van der Waals surface area contributed by atoms with Crippen molar-refractivity contribution in [3.8, 4) is 11.5 Å². The van der Waals surface area contributed by atoms with Crippen molar-refractivity contribution in [2.45, 2.75) is 12.6 Å². The molecule has 6 rings (SSSR count). The first-order valence-corrected chi connectivity index (χ1v) is 13.5. The molecule has 39 heavy (non-hydrogen) atoms. The average Bonchev–Trinajstić information content (AvgIpc) is 3.62. The number of aromatic nitrogens is 5. The zero-order valence-electron chi connectivity index (χ0n) is 21.7. The summed E-state index contributed by atoms with van der Waals surface area (Å²) in [7, 11) is 3.29. The van der Waals surface area contributed by atoms with Crippen LogP contribution in [0.5, 0.6) is 11.5 Å². The summed E-state index contributed by atoms with van der Waals surface area (Å²) in [6.07, 6.45) is 0. The standard InChI is InChI=1S/C28H28FN7O2S/c1-37-21-11-12-22(24(17-21)38-2)26(27-31-32-33-36(27)18-19-7-9-20(29)10-8-19)34-13-15-35(16-14-34)28-30-23-5-3-4-6-25(23)39-28/h3-12,17,26H,13-16,18H2,1-2H3/t26-/m1/s1. The highest BCUT2D eigenvalue weighted by Crippen LogP contribution is 2.37. The summed E-state index contributed by atoms with van der Waals surface area (Å²) in [5.41, 5.74) is 2.88. The topological polar surface area (TPSA) is 81.4 Å². The van der Waals surface area contributed by atoms with Gasteiger partial charge in [0, 0.05) is 37.8 Å². The van der Waals surface area contributed by atoms with Crippen molar-refractivity contribution >= 4 is 26.7 Å². The predicted octanol–water partition coefficient (Wildman–Crippen LogP) is 4.40. The van der Waals surface area contributed by atoms with Crippen molar-refractivity contribution in [1.82, 2.24) is 30.1 Å². The van der Waals surface area contributed by atoms with Gasteiger partial charge in [-0.2, -0.15) is 0 Å². The van der Waals surface area contributed by atoms with Crippen LogP contribution in [-0.2, 0) is 6.54 Å². The predicted molar refractivity (Wildman–Crippen MR) is 148 cm³/mol. The van der Waals surface area contributed by atoms with Crippen LogP contribution in [0.2, 0.25) is 0 Å². The third-order valence-electron chi connectivity index (χ3n) is 7.02. The fourth-order valence-corrected chi connectivity index (χ4v) is 6.01. The number of fused-ring (bicyclic) bond motifs is 1. The van der Waals surface area contributed by atoms with Gasteiger partial charge >= 0.3 is 0 Å². The fraction of sp³-hybridized carbons (Fsp3) is 0.286. The minimum atomic E-state index is -0.275. The number of rotatable bonds is 8. The second kappa shape index (κ2) is 11.0. The molecule has 1 fully saturated rings. The first-order chi connectivity index (χ1) is 19.1. The molecule has 0 saturated carbocycles. The van der Waals surface area contributed by atoms with Crippen LogP contribution in [0, 0.1) is 5.82 Å². The number of hydrogen-bond acceptors (Lipinski definition) is 9. The molecule has 200 valence electrons. The van der Waals surface area contributed by atoms with E-state index >= 15 is 0 Å². The molecule has 0 radical (unpaired) electrons. The lowest BCUT2D eigenvalue weighted by atomic mass is 10.0. The van der Waals surface area contributed by atoms with Crippen LogP contribution in [0.3, 0.4) is 0 Å². The lowest BCUT2D eigenvalue weighted by Crippen LogP contribution is -2.48. The number of thiazole rings is 1. The van der Waals surface area contributed by atoms with E-state index in [1.165, 1.54) is 16.8 Å². The molecular formula is C28H28FN7O2S. The lowest BCUT2D eigenvalue weighted by Gasteiger charge is -2.39. The summed E-state index contributed by atoms with van der Waals surface area (Å²) in [6, 6.07) is 20.2. The Morgan fingerprint density at radius 2 is 1.74 bits per heavy atom. The van der Waals surface area contributed by atoms with Crippen LogP contribution >= 0.6 is 11.3 Å². The number of nitrogens with zero attached hydrogens (tertiary/aromatic N) is 7. The SMILES string of the molecule is COc1ccc([C@H](c2nnnn2Cc2ccc(F)cc2)N2CCN(c3nc4ccccc4s3)CC2)c(OC)c1. The summed E-state index contributed by atoms with van der Waals surface area (Å²) in [4.78, 5) is 9.57. The van der Waals surface area contributed by atoms with Crippen LogP contribution in [-0.4, -0.2) is 70.5 Å². The Morgan fingerprint density at radius 3 is 2.49 bits per heavy atom. The highest BCUT2D eigenvalue weighted by molar-refractivity contribution is 7.22. The van der Waals surface area contributed by atoms with Crippen molar-refractivity contribution in [1.29, 1.82) is 0 Å². The second-order valence-electron chi connectivity index (χ2n) is 9.32. The van der Waals surface area contributed by atoms with Crippen LogP contribution < -0.4 is 14.4 Å². The van der Waals surface area contributed by atoms with Crippen LogP contribution in [0.4, 0.5) is 9.52 Å². The molecule has 1 aliphatic heterocycles. The number of benzene rings is 3. The van der Waals surface area contributed by atoms with Crippen LogP contribution in [0.25, 0.3) is 10.2 Å². The Bertz CT molecular complexity index is 1530. The van der Waals surface area contributed by atoms with Crippen molar-refractivity contribution in [3.63, 3.8) is 0 Å². The average molecular weight is 546 g/mol. The van der Waals surface area contributed by atoms with Crippen molar-refractivity contribution in [3.05, 3.63) is 89.5 Å². The normalized spacial score (nSPS) is 15.0. The van der Waals surface area contributed by atoms with Crippen LogP contribution in [0.15, 0.2) is 66.7 Å². The van der Waals surface area contributed by atoms with Gasteiger partial charge in [-0.1, -0.05) is 35.6 Å². The molecule has 3 heterocycles. The largest absolute Gasteiger partial charge is 0.497 e. The molecule has 0 bridgehead atoms. The summed E-state index contributed by atoms with van der Waals surface area (Å²) in [5, 5.41) is 13.9. The number of methoxy groups -OCH3 is 2. The van der Waals surface area contributed by atoms with E-state index in [0.717, 1.165) is 48.0 Å². The number of piperazine rings is 1. The van der Waals surface area contributed by atoms with Crippen molar-refractivity contribution in [2.75, 3.05) is 45.3 Å². The zero-order valence-corrected chi connectivity index (χ0v) is 22.5. The molecule has 2 aromatic heterocycles. The van der Waals surface area contributed by atoms with Gasteiger partial charge in [-0.3, -0.25) is 4.90 Å². The fourth-order valence-electron chi connectivity index (χ4n) is 4.99. The third-order valence-corrected chi connectivity index (χ3v) is 8.11. The quantitative estimate of drug-likeness (QED) is 0.284. The van der Waals surface area contributed by atoms with Gasteiger partial charge in [-0.15, -0.1) is 5.10 Å². The molecule has 1 aliphatic rings. The van der Waals surface area contributed by atoms with Gasteiger partial charge in [0.15, 0.2) is 11.0 Å². The van der Waals surface area contributed by atoms with Crippen LogP contribution in [0.1, 0.15) is 23.0 Å². The van der Waals surface area contributed by atoms with Gasteiger partial charge in [0.25, 0.3) is 0 Å². The van der Waals surface area contributed by atoms with Gasteiger partial charge in [0.2, 0.25) is 0 Å². The van der Waals surface area contributed by atoms with E-state index in [1.54, 1.807) is 42.4 Å². The van der Waals surface area contributed by atoms with E-state index in [9.17, 15) is 4.39 Å². The molecule has 3 aromatic carbocycles. The molecule has 0 spiro atoms. The molecule has 0 aliphatic carbocycles. The Balaban J connectivity index is 1.32. The van der Waals surface area contributed by atoms with E-state index < -0.39 is 0 Å². The zero-order chi connectivity index (χ0) is 26.8. The second-order valence-corrected chi connectivity index (χ2v) is 10.3. The molecule has 0 N–H and O–H groups in total. The number of anilines is 1. The summed E-state index contributed by atoms with van der Waals surface area (Å²) in [6.45, 7) is 3.60. The van der Waals surface area contributed by atoms with E-state index in [4.69, 9.17) is 14.5 Å². The highest BCUT2D eigenvalue weighted by Gasteiger charge is 2.33. The van der Waals surface area contributed by atoms with Crippen molar-refractivity contribution in [2.24, 2.45) is 0 Å². The van der Waals surface area contributed by atoms with Gasteiger partial charge in [-0.05, 0) is 52.4 Å². The van der Waals surface area contributed by atoms with Gasteiger partial charge in [-0.25, -0.2) is 14.1 Å². The molecular weight excluding hydrogens is 517 g/mol. The number of halogens is 1. The van der Waals surface area contributed by atoms with Gasteiger partial charge in [0.05, 0.1) is 31.0 Å². The maximum atomic E-state index is 13.5. The Hall–Kier alpha value is -4.09. The minimum absolute atomic E-state index is 0.265. The summed E-state index contributed by atoms with van der Waals surface area (Å²) in [5.74, 6) is 1.82. The van der Waals surface area contributed by atoms with Gasteiger partial charge < -0.3 is 14.4 Å². The summed E-state index contributed by atoms with van der Waals surface area (Å²) >= 11 is 1.72. The number of para-hydroxylation sites is 1. The third kappa shape index (κ3) is 5.15. The lowest BCUT2D eigenvalue weighted by molar-refractivity contribution is 0.198. The first-order valence-electron chi connectivity index (χ1n) is 12.7. The van der Waals surface area contributed by atoms with E-state index in [0.29, 0.717) is 23.9 Å². The number of tetrazole rings is 1. The first kappa shape index (κ1) is 25.2. The van der Waals surface area contributed by atoms with E-state index in [-0.39, 0.29) is 11.9 Å². The molecule has 1 atom stereocenters. The molecule has 1 saturated heterocycles. The smallest absolute Gasteiger partial charge is 0.186 e. The number of hydrogen-bond donors (Lipinski definition) is 0. The van der Waals surface area contributed by atoms with Gasteiger partial charge in [0.1, 0.15) is 23.4 Å². The highest BCUT2D eigenvalue weighted by atomic mass is 32.1. The number of ether oxygens (including phenoxy) is 2. The molecule has 0 unspecified atom stereocenters. The maximum absolute atomic E-state index is 13.5. The van der Waals surface area contributed by atoms with Crippen molar-refractivity contribution < 1.29 is 13.9 Å². The summed E-state index contributed by atoms with van der Waals surface area (Å²) < 4.78 is 27.7. The Labute approximate surface area is 229 Å². The molecule has 0 amide bonds. The Kier molecular flexibility index (Phi) is 7.08. The molecule has 9 nitrogen and oxygen atoms in total. The molecule has 5 aromatic rings. The monoisotopic (exact) mass is 545 g/mol. The van der Waals surface area contributed by atoms with E-state index in [1.807, 2.05) is 30.3 Å². The Morgan fingerprint density at radius 1 is 0.949 bits per heavy atom. The minimum Gasteiger partial charge on any atom is -0.497 e. The van der Waals surface area contributed by atoms with E-state index in [2.05, 4.69) is 37.5 Å². The maximum Gasteiger partial charge on any atom is 0.186 e. The molecule has 11 heteroatoms.